The highest BCUT2D eigenvalue weighted by Gasteiger charge is 1.94. The number of nitrogens with zero attached hydrogens (tertiary/aromatic N) is 2. The van der Waals surface area contributed by atoms with E-state index >= 15 is 0 Å². The van der Waals surface area contributed by atoms with Gasteiger partial charge in [0, 0.05) is 0 Å². The molecule has 0 unspecified atom stereocenters. The molecule has 112 valence electrons. The van der Waals surface area contributed by atoms with Crippen LogP contribution in [0.4, 0.5) is 0 Å². The molecule has 0 aliphatic rings. The molecular formula is C17H18N4O. The largest absolute Gasteiger partial charge is 0.490 e. The summed E-state index contributed by atoms with van der Waals surface area (Å²) in [5, 5.41) is 7.31. The quantitative estimate of drug-likeness (QED) is 0.487. The van der Waals surface area contributed by atoms with Gasteiger partial charge in [-0.1, -0.05) is 48.5 Å². The van der Waals surface area contributed by atoms with Crippen molar-refractivity contribution in [2.24, 2.45) is 21.7 Å². The minimum atomic E-state index is -0.0743. The first-order chi connectivity index (χ1) is 10.7. The third kappa shape index (κ3) is 5.50. The molecule has 0 aliphatic carbocycles. The highest BCUT2D eigenvalue weighted by Crippen LogP contribution is 2.12. The molecule has 0 saturated carbocycles. The lowest BCUT2D eigenvalue weighted by Crippen LogP contribution is -2.21. The zero-order chi connectivity index (χ0) is 15.6. The van der Waals surface area contributed by atoms with Gasteiger partial charge in [0.25, 0.3) is 0 Å². The third-order valence-electron chi connectivity index (χ3n) is 2.69. The van der Waals surface area contributed by atoms with Crippen molar-refractivity contribution in [1.82, 2.24) is 0 Å². The van der Waals surface area contributed by atoms with Crippen molar-refractivity contribution < 1.29 is 4.74 Å². The lowest BCUT2D eigenvalue weighted by molar-refractivity contribution is 0.363. The number of guanidine groups is 1. The maximum absolute atomic E-state index is 5.66. The molecule has 0 fully saturated rings. The van der Waals surface area contributed by atoms with Crippen LogP contribution in [0.2, 0.25) is 0 Å². The first kappa shape index (κ1) is 15.3. The summed E-state index contributed by atoms with van der Waals surface area (Å²) in [6.07, 6.45) is 5.55. The second-order valence-electron chi connectivity index (χ2n) is 4.47. The van der Waals surface area contributed by atoms with E-state index in [1.165, 1.54) is 0 Å². The lowest BCUT2D eigenvalue weighted by Gasteiger charge is -2.03. The van der Waals surface area contributed by atoms with E-state index in [1.807, 2.05) is 66.7 Å². The number of hydrogen-bond donors (Lipinski definition) is 2. The zero-order valence-electron chi connectivity index (χ0n) is 12.1. The zero-order valence-corrected chi connectivity index (χ0v) is 12.1. The second-order valence-corrected chi connectivity index (χ2v) is 4.47. The number of benzene rings is 2. The molecule has 0 amide bonds. The molecule has 2 aromatic carbocycles. The minimum absolute atomic E-state index is 0.0743. The predicted molar refractivity (Wildman–Crippen MR) is 90.8 cm³/mol. The van der Waals surface area contributed by atoms with Gasteiger partial charge < -0.3 is 16.2 Å². The van der Waals surface area contributed by atoms with Crippen LogP contribution in [0.25, 0.3) is 6.08 Å². The van der Waals surface area contributed by atoms with Crippen molar-refractivity contribution in [3.63, 3.8) is 0 Å². The van der Waals surface area contributed by atoms with E-state index < -0.39 is 0 Å². The highest BCUT2D eigenvalue weighted by molar-refractivity contribution is 5.82. The van der Waals surface area contributed by atoms with Crippen LogP contribution in [0.3, 0.4) is 0 Å². The summed E-state index contributed by atoms with van der Waals surface area (Å²) in [5.41, 5.74) is 12.4. The van der Waals surface area contributed by atoms with Crippen LogP contribution >= 0.6 is 0 Å². The fraction of sp³-hybridized carbons (Fsp3) is 0.0588. The van der Waals surface area contributed by atoms with Crippen molar-refractivity contribution >= 4 is 18.3 Å². The number of ether oxygens (including phenoxy) is 1. The first-order valence-electron chi connectivity index (χ1n) is 6.80. The molecule has 2 rings (SSSR count). The van der Waals surface area contributed by atoms with E-state index in [4.69, 9.17) is 16.2 Å². The van der Waals surface area contributed by atoms with Crippen LogP contribution in [-0.2, 0) is 0 Å². The van der Waals surface area contributed by atoms with E-state index in [9.17, 15) is 0 Å². The minimum Gasteiger partial charge on any atom is -0.490 e. The number of rotatable bonds is 6. The van der Waals surface area contributed by atoms with Crippen molar-refractivity contribution in [2.45, 2.75) is 0 Å². The van der Waals surface area contributed by atoms with E-state index in [2.05, 4.69) is 10.2 Å². The van der Waals surface area contributed by atoms with Crippen LogP contribution in [-0.4, -0.2) is 18.8 Å². The van der Waals surface area contributed by atoms with Crippen molar-refractivity contribution in [3.05, 3.63) is 71.8 Å². The molecule has 5 heteroatoms. The van der Waals surface area contributed by atoms with Gasteiger partial charge >= 0.3 is 0 Å². The van der Waals surface area contributed by atoms with Gasteiger partial charge in [0.1, 0.15) is 12.4 Å². The molecule has 0 heterocycles. The molecule has 0 radical (unpaired) electrons. The van der Waals surface area contributed by atoms with Gasteiger partial charge in [-0.25, -0.2) is 0 Å². The fourth-order valence-electron chi connectivity index (χ4n) is 1.74. The van der Waals surface area contributed by atoms with Crippen LogP contribution in [0.15, 0.2) is 70.9 Å². The Hall–Kier alpha value is -3.08. The summed E-state index contributed by atoms with van der Waals surface area (Å²) >= 11 is 0. The Kier molecular flexibility index (Phi) is 5.75. The Morgan fingerprint density at radius 2 is 1.77 bits per heavy atom. The fourth-order valence-corrected chi connectivity index (χ4v) is 1.74. The predicted octanol–water partition coefficient (Wildman–Crippen LogP) is 2.39. The Morgan fingerprint density at radius 1 is 1.00 bits per heavy atom. The van der Waals surface area contributed by atoms with E-state index in [0.717, 1.165) is 16.9 Å². The summed E-state index contributed by atoms with van der Waals surface area (Å²) in [7, 11) is 0. The third-order valence-corrected chi connectivity index (χ3v) is 2.69. The van der Waals surface area contributed by atoms with Crippen LogP contribution in [0.1, 0.15) is 11.1 Å². The molecule has 5 nitrogen and oxygen atoms in total. The highest BCUT2D eigenvalue weighted by atomic mass is 16.5. The molecular weight excluding hydrogens is 276 g/mol. The van der Waals surface area contributed by atoms with Gasteiger partial charge in [-0.05, 0) is 29.3 Å². The van der Waals surface area contributed by atoms with Crippen molar-refractivity contribution in [1.29, 1.82) is 0 Å². The van der Waals surface area contributed by atoms with Gasteiger partial charge in [0.05, 0.1) is 6.21 Å². The van der Waals surface area contributed by atoms with Gasteiger partial charge in [-0.3, -0.25) is 0 Å². The summed E-state index contributed by atoms with van der Waals surface area (Å²) in [6, 6.07) is 17.6. The van der Waals surface area contributed by atoms with E-state index in [1.54, 1.807) is 6.21 Å². The number of hydrogen-bond acceptors (Lipinski definition) is 3. The second kappa shape index (κ2) is 8.26. The summed E-state index contributed by atoms with van der Waals surface area (Å²) in [5.74, 6) is 0.682. The van der Waals surface area contributed by atoms with Gasteiger partial charge in [-0.2, -0.15) is 5.10 Å². The molecule has 0 atom stereocenters. The number of nitrogens with two attached hydrogens (primary N) is 2. The molecule has 22 heavy (non-hydrogen) atoms. The lowest BCUT2D eigenvalue weighted by atomic mass is 10.2. The molecule has 0 bridgehead atoms. The van der Waals surface area contributed by atoms with Gasteiger partial charge in [0.15, 0.2) is 0 Å². The molecule has 0 spiro atoms. The van der Waals surface area contributed by atoms with E-state index in [-0.39, 0.29) is 5.96 Å². The first-order valence-corrected chi connectivity index (χ1v) is 6.80. The van der Waals surface area contributed by atoms with Crippen LogP contribution in [0, 0.1) is 0 Å². The summed E-state index contributed by atoms with van der Waals surface area (Å²) in [6.45, 7) is 0.489. The Labute approximate surface area is 129 Å². The van der Waals surface area contributed by atoms with Crippen LogP contribution in [0.5, 0.6) is 5.75 Å². The maximum atomic E-state index is 5.66. The van der Waals surface area contributed by atoms with Gasteiger partial charge in [-0.15, -0.1) is 5.10 Å². The average molecular weight is 294 g/mol. The molecule has 0 saturated heterocycles. The molecule has 0 aromatic heterocycles. The topological polar surface area (TPSA) is 86.0 Å². The van der Waals surface area contributed by atoms with E-state index in [0.29, 0.717) is 6.61 Å². The SMILES string of the molecule is NC(N)=NN=Cc1cccc(OCC=Cc2ccccc2)c1. The molecule has 2 aromatic rings. The Bertz CT molecular complexity index is 674. The van der Waals surface area contributed by atoms with Crippen molar-refractivity contribution in [3.8, 4) is 5.75 Å². The van der Waals surface area contributed by atoms with Crippen molar-refractivity contribution in [2.75, 3.05) is 6.61 Å². The Morgan fingerprint density at radius 3 is 2.55 bits per heavy atom. The van der Waals surface area contributed by atoms with Gasteiger partial charge in [0.2, 0.25) is 5.96 Å². The van der Waals surface area contributed by atoms with Crippen LogP contribution < -0.4 is 16.2 Å². The summed E-state index contributed by atoms with van der Waals surface area (Å²) < 4.78 is 5.66. The molecule has 0 aliphatic heterocycles. The Balaban J connectivity index is 1.89. The molecule has 4 N–H and O–H groups in total. The summed E-state index contributed by atoms with van der Waals surface area (Å²) in [4.78, 5) is 0. The smallest absolute Gasteiger partial charge is 0.211 e. The normalized spacial score (nSPS) is 10.9. The average Bonchev–Trinajstić information content (AvgIpc) is 2.53. The monoisotopic (exact) mass is 294 g/mol. The maximum Gasteiger partial charge on any atom is 0.211 e. The standard InChI is InChI=1S/C17H18N4O/c18-17(19)21-20-13-15-8-4-10-16(12-15)22-11-5-9-14-6-2-1-3-7-14/h1-10,12-13H,11H2,(H4,18,19,21).